The molecule has 2 heterocycles. The third-order valence-electron chi connectivity index (χ3n) is 4.23. The lowest BCUT2D eigenvalue weighted by molar-refractivity contribution is 0.0950. The number of amides is 1. The summed E-state index contributed by atoms with van der Waals surface area (Å²) in [5, 5.41) is 21.7. The van der Waals surface area contributed by atoms with E-state index in [4.69, 9.17) is 11.6 Å². The zero-order chi connectivity index (χ0) is 20.9. The van der Waals surface area contributed by atoms with Crippen molar-refractivity contribution in [3.05, 3.63) is 81.0 Å². The first-order valence-corrected chi connectivity index (χ1v) is 11.2. The van der Waals surface area contributed by atoms with Gasteiger partial charge >= 0.3 is 0 Å². The molecule has 0 unspecified atom stereocenters. The minimum Gasteiger partial charge on any atom is -0.346 e. The normalized spacial score (nSPS) is 10.9. The molecule has 0 aliphatic rings. The van der Waals surface area contributed by atoms with Gasteiger partial charge in [-0.3, -0.25) is 9.36 Å². The zero-order valence-corrected chi connectivity index (χ0v) is 18.3. The second kappa shape index (κ2) is 9.38. The molecule has 30 heavy (non-hydrogen) atoms. The second-order valence-electron chi connectivity index (χ2n) is 6.37. The van der Waals surface area contributed by atoms with Gasteiger partial charge in [0.15, 0.2) is 5.16 Å². The topological polar surface area (TPSA) is 85.6 Å². The summed E-state index contributed by atoms with van der Waals surface area (Å²) < 4.78 is 1.87. The molecule has 7 nitrogen and oxygen atoms in total. The smallest absolute Gasteiger partial charge is 0.282 e. The number of nitrogens with zero attached hydrogens (tertiary/aromatic N) is 5. The van der Waals surface area contributed by atoms with Gasteiger partial charge in [0.2, 0.25) is 5.01 Å². The summed E-state index contributed by atoms with van der Waals surface area (Å²) in [5.74, 6) is 0.298. The molecule has 4 rings (SSSR count). The summed E-state index contributed by atoms with van der Waals surface area (Å²) in [6, 6.07) is 15.5. The molecule has 0 aliphatic heterocycles. The number of benzene rings is 2. The fourth-order valence-electron chi connectivity index (χ4n) is 2.62. The molecular weight excluding hydrogens is 440 g/mol. The number of carbonyl (C=O) groups excluding carboxylic acids is 1. The molecule has 0 bridgehead atoms. The Balaban J connectivity index is 1.37. The van der Waals surface area contributed by atoms with Gasteiger partial charge in [0.25, 0.3) is 5.91 Å². The molecular formula is C20H17ClN6OS2. The van der Waals surface area contributed by atoms with Gasteiger partial charge in [-0.25, -0.2) is 0 Å². The van der Waals surface area contributed by atoms with Crippen LogP contribution >= 0.6 is 34.7 Å². The Hall–Kier alpha value is -2.75. The zero-order valence-electron chi connectivity index (χ0n) is 15.9. The molecule has 0 saturated heterocycles. The van der Waals surface area contributed by atoms with Crippen LogP contribution in [-0.4, -0.2) is 30.9 Å². The summed E-state index contributed by atoms with van der Waals surface area (Å²) in [6.07, 6.45) is 1.64. The Labute approximate surface area is 186 Å². The van der Waals surface area contributed by atoms with Crippen molar-refractivity contribution in [2.75, 3.05) is 0 Å². The van der Waals surface area contributed by atoms with Crippen molar-refractivity contribution in [2.24, 2.45) is 0 Å². The van der Waals surface area contributed by atoms with Crippen LogP contribution in [0.1, 0.15) is 25.9 Å². The van der Waals surface area contributed by atoms with Crippen molar-refractivity contribution in [2.45, 2.75) is 24.4 Å². The number of aryl methyl sites for hydroxylation is 1. The van der Waals surface area contributed by atoms with Gasteiger partial charge in [-0.1, -0.05) is 71.1 Å². The highest BCUT2D eigenvalue weighted by molar-refractivity contribution is 7.98. The number of carbonyl (C=O) groups is 1. The van der Waals surface area contributed by atoms with Gasteiger partial charge < -0.3 is 5.32 Å². The summed E-state index contributed by atoms with van der Waals surface area (Å²) in [7, 11) is 0. The second-order valence-corrected chi connectivity index (χ2v) is 8.79. The Morgan fingerprint density at radius 3 is 2.80 bits per heavy atom. The number of hydrogen-bond donors (Lipinski definition) is 1. The average Bonchev–Trinajstić information content (AvgIpc) is 3.43. The van der Waals surface area contributed by atoms with Gasteiger partial charge in [-0.2, -0.15) is 0 Å². The van der Waals surface area contributed by atoms with Gasteiger partial charge in [-0.05, 0) is 30.2 Å². The van der Waals surface area contributed by atoms with Crippen LogP contribution in [0.5, 0.6) is 0 Å². The number of halogens is 1. The number of hydrogen-bond acceptors (Lipinski definition) is 7. The maximum atomic E-state index is 12.3. The van der Waals surface area contributed by atoms with E-state index in [-0.39, 0.29) is 5.91 Å². The number of aromatic nitrogens is 5. The molecule has 0 saturated carbocycles. The molecule has 0 aliphatic carbocycles. The third kappa shape index (κ3) is 4.86. The van der Waals surface area contributed by atoms with E-state index < -0.39 is 0 Å². The molecule has 1 N–H and O–H groups in total. The van der Waals surface area contributed by atoms with Gasteiger partial charge in [0.1, 0.15) is 11.3 Å². The monoisotopic (exact) mass is 456 g/mol. The standard InChI is InChI=1S/C20H17ClN6OS2/c1-13-7-8-15(9-16(13)21)27-12-23-26-20(27)29-11-17-24-25-19(30-17)18(28)22-10-14-5-3-2-4-6-14/h2-9,12H,10-11H2,1H3,(H,22,28). The molecule has 152 valence electrons. The first-order valence-electron chi connectivity index (χ1n) is 9.04. The molecule has 2 aromatic carbocycles. The molecule has 0 atom stereocenters. The molecule has 4 aromatic rings. The molecule has 0 fully saturated rings. The Morgan fingerprint density at radius 1 is 1.17 bits per heavy atom. The van der Waals surface area contributed by atoms with Crippen LogP contribution in [-0.2, 0) is 12.3 Å². The average molecular weight is 457 g/mol. The first-order chi connectivity index (χ1) is 14.6. The summed E-state index contributed by atoms with van der Waals surface area (Å²) in [4.78, 5) is 12.3. The SMILES string of the molecule is Cc1ccc(-n2cnnc2SCc2nnc(C(=O)NCc3ccccc3)s2)cc1Cl. The van der Waals surface area contributed by atoms with Gasteiger partial charge in [-0.15, -0.1) is 20.4 Å². The van der Waals surface area contributed by atoms with Crippen LogP contribution in [0.25, 0.3) is 5.69 Å². The molecule has 0 radical (unpaired) electrons. The number of thioether (sulfide) groups is 1. The van der Waals surface area contributed by atoms with Crippen LogP contribution in [0.4, 0.5) is 0 Å². The Kier molecular flexibility index (Phi) is 6.41. The molecule has 2 aromatic heterocycles. The minimum absolute atomic E-state index is 0.231. The van der Waals surface area contributed by atoms with Gasteiger partial charge in [0.05, 0.1) is 11.4 Å². The van der Waals surface area contributed by atoms with Crippen molar-refractivity contribution in [1.29, 1.82) is 0 Å². The largest absolute Gasteiger partial charge is 0.346 e. The number of nitrogens with one attached hydrogen (secondary N) is 1. The lowest BCUT2D eigenvalue weighted by atomic mass is 10.2. The Bertz CT molecular complexity index is 1160. The maximum Gasteiger partial charge on any atom is 0.282 e. The van der Waals surface area contributed by atoms with E-state index >= 15 is 0 Å². The lowest BCUT2D eigenvalue weighted by Crippen LogP contribution is -2.22. The predicted octanol–water partition coefficient (Wildman–Crippen LogP) is 4.30. The van der Waals surface area contributed by atoms with Crippen molar-refractivity contribution in [3.8, 4) is 5.69 Å². The van der Waals surface area contributed by atoms with Crippen LogP contribution in [0.3, 0.4) is 0 Å². The highest BCUT2D eigenvalue weighted by atomic mass is 35.5. The maximum absolute atomic E-state index is 12.3. The van der Waals surface area contributed by atoms with Crippen molar-refractivity contribution < 1.29 is 4.79 Å². The molecule has 0 spiro atoms. The van der Waals surface area contributed by atoms with E-state index in [1.54, 1.807) is 6.33 Å². The highest BCUT2D eigenvalue weighted by Gasteiger charge is 2.14. The summed E-state index contributed by atoms with van der Waals surface area (Å²) in [5.41, 5.74) is 2.92. The van der Waals surface area contributed by atoms with E-state index in [2.05, 4.69) is 25.7 Å². The quantitative estimate of drug-likeness (QED) is 0.417. The highest BCUT2D eigenvalue weighted by Crippen LogP contribution is 2.26. The van der Waals surface area contributed by atoms with E-state index in [9.17, 15) is 4.79 Å². The number of rotatable bonds is 7. The van der Waals surface area contributed by atoms with Crippen LogP contribution in [0.2, 0.25) is 5.02 Å². The van der Waals surface area contributed by atoms with Crippen LogP contribution < -0.4 is 5.32 Å². The molecule has 10 heteroatoms. The third-order valence-corrected chi connectivity index (χ3v) is 6.70. The van der Waals surface area contributed by atoms with E-state index in [1.807, 2.05) is 60.0 Å². The van der Waals surface area contributed by atoms with Gasteiger partial charge in [0, 0.05) is 11.6 Å². The van der Waals surface area contributed by atoms with E-state index in [0.29, 0.717) is 27.5 Å². The Morgan fingerprint density at radius 2 is 2.00 bits per heavy atom. The van der Waals surface area contributed by atoms with Crippen LogP contribution in [0, 0.1) is 6.92 Å². The van der Waals surface area contributed by atoms with Crippen molar-refractivity contribution in [1.82, 2.24) is 30.3 Å². The van der Waals surface area contributed by atoms with Crippen molar-refractivity contribution in [3.63, 3.8) is 0 Å². The van der Waals surface area contributed by atoms with Crippen LogP contribution in [0.15, 0.2) is 60.0 Å². The fraction of sp³-hybridized carbons (Fsp3) is 0.150. The molecule has 1 amide bonds. The minimum atomic E-state index is -0.231. The lowest BCUT2D eigenvalue weighted by Gasteiger charge is -2.07. The predicted molar refractivity (Wildman–Crippen MR) is 118 cm³/mol. The fourth-order valence-corrected chi connectivity index (χ4v) is 4.46. The first kappa shape index (κ1) is 20.5. The van der Waals surface area contributed by atoms with E-state index in [0.717, 1.165) is 21.8 Å². The summed E-state index contributed by atoms with van der Waals surface area (Å²) in [6.45, 7) is 2.41. The van der Waals surface area contributed by atoms with E-state index in [1.165, 1.54) is 23.1 Å². The summed E-state index contributed by atoms with van der Waals surface area (Å²) >= 11 is 8.98. The van der Waals surface area contributed by atoms with Crippen molar-refractivity contribution >= 4 is 40.6 Å².